The molecule has 0 N–H and O–H groups in total. The van der Waals surface area contributed by atoms with E-state index in [9.17, 15) is 0 Å². The molecule has 252 valence electrons. The maximum Gasteiger partial charge on any atom is 0.0634 e. The first-order valence-electron chi connectivity index (χ1n) is 18.4. The summed E-state index contributed by atoms with van der Waals surface area (Å²) in [5.41, 5.74) is 5.51. The quantitative estimate of drug-likeness (QED) is 0.0547. The van der Waals surface area contributed by atoms with E-state index in [-0.39, 0.29) is 16.5 Å². The van der Waals surface area contributed by atoms with Gasteiger partial charge in [-0.1, -0.05) is 166 Å². The average Bonchev–Trinajstić information content (AvgIpc) is 3.05. The molecule has 0 aromatic heterocycles. The molecule has 2 rings (SSSR count). The van der Waals surface area contributed by atoms with Gasteiger partial charge in [-0.2, -0.15) is 0 Å². The van der Waals surface area contributed by atoms with Crippen molar-refractivity contribution in [3.63, 3.8) is 0 Å². The normalized spacial score (nSPS) is 12.1. The molecule has 3 heteroatoms. The Bertz CT molecular complexity index is 1060. The fourth-order valence-electron chi connectivity index (χ4n) is 5.38. The molecule has 0 fully saturated rings. The Morgan fingerprint density at radius 3 is 1.33 bits per heavy atom. The van der Waals surface area contributed by atoms with E-state index in [2.05, 4.69) is 93.6 Å². The number of nitrogens with zero attached hydrogens (tertiary/aromatic N) is 2. The van der Waals surface area contributed by atoms with Crippen LogP contribution in [0.5, 0.6) is 0 Å². The van der Waals surface area contributed by atoms with Gasteiger partial charge in [0.25, 0.3) is 0 Å². The molecule has 0 saturated heterocycles. The molecule has 45 heavy (non-hydrogen) atoms. The van der Waals surface area contributed by atoms with E-state index in [4.69, 9.17) is 9.98 Å². The third-order valence-corrected chi connectivity index (χ3v) is 8.28. The molecule has 0 aliphatic rings. The Morgan fingerprint density at radius 2 is 0.889 bits per heavy atom. The van der Waals surface area contributed by atoms with Crippen molar-refractivity contribution < 1.29 is 16.5 Å². The molecule has 0 radical (unpaired) electrons. The maximum absolute atomic E-state index is 4.95. The van der Waals surface area contributed by atoms with Gasteiger partial charge in [0.2, 0.25) is 0 Å². The molecule has 0 bridgehead atoms. The van der Waals surface area contributed by atoms with Crippen LogP contribution in [0, 0.1) is 0 Å². The van der Waals surface area contributed by atoms with Crippen LogP contribution in [0.1, 0.15) is 167 Å². The fraction of sp³-hybridized carbons (Fsp3) is 0.571. The molecular weight excluding hydrogens is 591 g/mol. The Labute approximate surface area is 288 Å². The summed E-state index contributed by atoms with van der Waals surface area (Å²) >= 11 is 0. The van der Waals surface area contributed by atoms with Gasteiger partial charge in [0.1, 0.15) is 0 Å². The number of benzene rings is 2. The SMILES string of the molecule is CCCCCCCCCCC=Cc1ccc(N=CC(CCCC)=Nc2ccc(C=CCCCCCCCCCC)cc2)cc1.[Ni]. The van der Waals surface area contributed by atoms with Crippen molar-refractivity contribution in [3.8, 4) is 0 Å². The standard InChI is InChI=1S/C42H64N2.Ni/c1-4-7-10-12-14-16-18-20-22-24-26-38-29-33-40(34-30-38)43-37-42(28-9-6-3)44-41-35-31-39(32-36-41)27-25-23-21-19-17-15-13-11-8-5-2;/h24-27,29-37H,4-23,28H2,1-3H3;. The van der Waals surface area contributed by atoms with Crippen LogP contribution in [0.3, 0.4) is 0 Å². The second-order valence-corrected chi connectivity index (χ2v) is 12.5. The van der Waals surface area contributed by atoms with E-state index >= 15 is 0 Å². The van der Waals surface area contributed by atoms with E-state index in [1.807, 2.05) is 6.21 Å². The zero-order valence-electron chi connectivity index (χ0n) is 29.1. The number of rotatable bonds is 26. The molecular formula is C42H64N2Ni. The third-order valence-electron chi connectivity index (χ3n) is 8.28. The molecule has 2 aromatic rings. The molecule has 2 aromatic carbocycles. The second-order valence-electron chi connectivity index (χ2n) is 12.5. The largest absolute Gasteiger partial charge is 0.255 e. The maximum atomic E-state index is 4.95. The Kier molecular flexibility index (Phi) is 26.4. The molecule has 0 heterocycles. The smallest absolute Gasteiger partial charge is 0.0634 e. The van der Waals surface area contributed by atoms with Crippen LogP contribution in [-0.4, -0.2) is 11.9 Å². The van der Waals surface area contributed by atoms with Gasteiger partial charge in [0.05, 0.1) is 17.1 Å². The minimum atomic E-state index is 0. The average molecular weight is 656 g/mol. The van der Waals surface area contributed by atoms with E-state index in [1.165, 1.54) is 127 Å². The molecule has 0 saturated carbocycles. The van der Waals surface area contributed by atoms with Crippen molar-refractivity contribution in [2.45, 2.75) is 156 Å². The summed E-state index contributed by atoms with van der Waals surface area (Å²) in [6, 6.07) is 17.2. The molecule has 0 unspecified atom stereocenters. The van der Waals surface area contributed by atoms with Crippen LogP contribution in [-0.2, 0) is 16.5 Å². The first kappa shape index (κ1) is 40.8. The predicted molar refractivity (Wildman–Crippen MR) is 200 cm³/mol. The van der Waals surface area contributed by atoms with E-state index in [0.717, 1.165) is 36.3 Å². The number of unbranched alkanes of at least 4 members (excludes halogenated alkanes) is 17. The minimum absolute atomic E-state index is 0. The summed E-state index contributed by atoms with van der Waals surface area (Å²) in [7, 11) is 0. The van der Waals surface area contributed by atoms with Crippen LogP contribution in [0.4, 0.5) is 11.4 Å². The Balaban J connectivity index is 0.0000101. The van der Waals surface area contributed by atoms with Gasteiger partial charge in [0, 0.05) is 22.7 Å². The summed E-state index contributed by atoms with van der Waals surface area (Å²) in [5, 5.41) is 0. The zero-order valence-corrected chi connectivity index (χ0v) is 30.1. The van der Waals surface area contributed by atoms with Crippen LogP contribution < -0.4 is 0 Å². The number of hydrogen-bond donors (Lipinski definition) is 0. The summed E-state index contributed by atoms with van der Waals surface area (Å²) in [6.45, 7) is 6.79. The topological polar surface area (TPSA) is 24.7 Å². The van der Waals surface area contributed by atoms with Crippen molar-refractivity contribution in [3.05, 3.63) is 71.8 Å². The van der Waals surface area contributed by atoms with Gasteiger partial charge < -0.3 is 0 Å². The molecule has 0 aliphatic heterocycles. The van der Waals surface area contributed by atoms with Crippen molar-refractivity contribution in [1.82, 2.24) is 0 Å². The van der Waals surface area contributed by atoms with Gasteiger partial charge in [-0.05, 0) is 73.9 Å². The predicted octanol–water partition coefficient (Wildman–Crippen LogP) is 14.4. The van der Waals surface area contributed by atoms with E-state index < -0.39 is 0 Å². The number of aliphatic imine (C=N–C) groups is 2. The summed E-state index contributed by atoms with van der Waals surface area (Å²) in [5.74, 6) is 0. The van der Waals surface area contributed by atoms with Gasteiger partial charge in [-0.3, -0.25) is 9.98 Å². The van der Waals surface area contributed by atoms with Gasteiger partial charge >= 0.3 is 0 Å². The summed E-state index contributed by atoms with van der Waals surface area (Å²) in [6.07, 6.45) is 38.6. The van der Waals surface area contributed by atoms with Crippen molar-refractivity contribution in [1.29, 1.82) is 0 Å². The van der Waals surface area contributed by atoms with E-state index in [1.54, 1.807) is 0 Å². The van der Waals surface area contributed by atoms with Crippen molar-refractivity contribution >= 4 is 35.5 Å². The summed E-state index contributed by atoms with van der Waals surface area (Å²) in [4.78, 5) is 9.72. The molecule has 0 spiro atoms. The number of hydrogen-bond acceptors (Lipinski definition) is 2. The number of allylic oxidation sites excluding steroid dienone is 2. The fourth-order valence-corrected chi connectivity index (χ4v) is 5.38. The second kappa shape index (κ2) is 29.2. The van der Waals surface area contributed by atoms with Crippen molar-refractivity contribution in [2.24, 2.45) is 9.98 Å². The van der Waals surface area contributed by atoms with Crippen LogP contribution in [0.15, 0.2) is 70.7 Å². The molecule has 0 aliphatic carbocycles. The molecule has 2 nitrogen and oxygen atoms in total. The minimum Gasteiger partial charge on any atom is -0.255 e. The van der Waals surface area contributed by atoms with Gasteiger partial charge in [-0.15, -0.1) is 0 Å². The molecule has 0 amide bonds. The summed E-state index contributed by atoms with van der Waals surface area (Å²) < 4.78 is 0. The monoisotopic (exact) mass is 654 g/mol. The Morgan fingerprint density at radius 1 is 0.489 bits per heavy atom. The first-order chi connectivity index (χ1) is 21.7. The van der Waals surface area contributed by atoms with Crippen molar-refractivity contribution in [2.75, 3.05) is 0 Å². The van der Waals surface area contributed by atoms with Crippen LogP contribution in [0.25, 0.3) is 12.2 Å². The van der Waals surface area contributed by atoms with Crippen LogP contribution >= 0.6 is 0 Å². The zero-order chi connectivity index (χ0) is 31.3. The Hall–Kier alpha value is -2.25. The van der Waals surface area contributed by atoms with E-state index in [0.29, 0.717) is 0 Å². The van der Waals surface area contributed by atoms with Gasteiger partial charge in [-0.25, -0.2) is 0 Å². The van der Waals surface area contributed by atoms with Crippen LogP contribution in [0.2, 0.25) is 0 Å². The van der Waals surface area contributed by atoms with Gasteiger partial charge in [0.15, 0.2) is 0 Å². The third kappa shape index (κ3) is 22.0. The molecule has 0 atom stereocenters. The first-order valence-corrected chi connectivity index (χ1v) is 18.4.